The van der Waals surface area contributed by atoms with Gasteiger partial charge in [0.15, 0.2) is 12.4 Å². The van der Waals surface area contributed by atoms with E-state index < -0.39 is 5.97 Å². The summed E-state index contributed by atoms with van der Waals surface area (Å²) in [6, 6.07) is 17.0. The SMILES string of the molecule is Cc1[nH]c2ccccc2c1C(=O)OCc1nc(N)nc(Nc2ccccc2)n1. The lowest BCUT2D eigenvalue weighted by Gasteiger charge is -2.08. The Morgan fingerprint density at radius 3 is 2.64 bits per heavy atom. The molecule has 0 radical (unpaired) electrons. The van der Waals surface area contributed by atoms with Gasteiger partial charge in [0.1, 0.15) is 0 Å². The molecule has 8 nitrogen and oxygen atoms in total. The average molecular weight is 374 g/mol. The second kappa shape index (κ2) is 7.36. The van der Waals surface area contributed by atoms with Gasteiger partial charge in [-0.25, -0.2) is 4.79 Å². The van der Waals surface area contributed by atoms with Crippen LogP contribution in [-0.4, -0.2) is 25.9 Å². The summed E-state index contributed by atoms with van der Waals surface area (Å²) < 4.78 is 5.43. The number of hydrogen-bond acceptors (Lipinski definition) is 7. The Balaban J connectivity index is 1.51. The lowest BCUT2D eigenvalue weighted by molar-refractivity contribution is 0.0463. The summed E-state index contributed by atoms with van der Waals surface area (Å²) >= 11 is 0. The Kier molecular flexibility index (Phi) is 4.59. The highest BCUT2D eigenvalue weighted by atomic mass is 16.5. The zero-order chi connectivity index (χ0) is 19.5. The number of H-pyrrole nitrogens is 1. The van der Waals surface area contributed by atoms with Crippen molar-refractivity contribution in [3.05, 3.63) is 71.7 Å². The predicted octanol–water partition coefficient (Wildman–Crippen LogP) is 3.34. The number of ether oxygens (including phenoxy) is 1. The number of rotatable bonds is 5. The fourth-order valence-corrected chi connectivity index (χ4v) is 2.95. The van der Waals surface area contributed by atoms with Gasteiger partial charge in [0.25, 0.3) is 0 Å². The van der Waals surface area contributed by atoms with E-state index in [1.54, 1.807) is 0 Å². The number of nitrogen functional groups attached to an aromatic ring is 1. The van der Waals surface area contributed by atoms with Gasteiger partial charge >= 0.3 is 5.97 Å². The van der Waals surface area contributed by atoms with Crippen molar-refractivity contribution >= 4 is 34.5 Å². The molecule has 0 saturated carbocycles. The minimum Gasteiger partial charge on any atom is -0.454 e. The van der Waals surface area contributed by atoms with E-state index in [0.29, 0.717) is 5.56 Å². The number of nitrogens with two attached hydrogens (primary N) is 1. The van der Waals surface area contributed by atoms with Crippen LogP contribution in [0.5, 0.6) is 0 Å². The molecule has 0 atom stereocenters. The molecule has 0 aliphatic rings. The number of nitrogens with one attached hydrogen (secondary N) is 2. The summed E-state index contributed by atoms with van der Waals surface area (Å²) in [6.07, 6.45) is 0. The largest absolute Gasteiger partial charge is 0.454 e. The standard InChI is InChI=1S/C20H18N6O2/c1-12-17(14-9-5-6-10-15(14)22-12)18(27)28-11-16-24-19(21)26-20(25-16)23-13-7-3-2-4-8-13/h2-10,22H,11H2,1H3,(H3,21,23,24,25,26). The number of carbonyl (C=O) groups is 1. The van der Waals surface area contributed by atoms with Crippen molar-refractivity contribution in [2.24, 2.45) is 0 Å². The number of aromatic amines is 1. The molecular weight excluding hydrogens is 356 g/mol. The molecule has 0 unspecified atom stereocenters. The van der Waals surface area contributed by atoms with Crippen molar-refractivity contribution < 1.29 is 9.53 Å². The lowest BCUT2D eigenvalue weighted by atomic mass is 10.1. The van der Waals surface area contributed by atoms with Gasteiger partial charge in [-0.05, 0) is 25.1 Å². The number of aromatic nitrogens is 4. The first-order chi connectivity index (χ1) is 13.6. The van der Waals surface area contributed by atoms with Gasteiger partial charge in [0, 0.05) is 22.3 Å². The summed E-state index contributed by atoms with van der Waals surface area (Å²) in [7, 11) is 0. The van der Waals surface area contributed by atoms with E-state index in [1.165, 1.54) is 0 Å². The number of anilines is 3. The van der Waals surface area contributed by atoms with Crippen LogP contribution in [-0.2, 0) is 11.3 Å². The molecule has 0 aliphatic carbocycles. The number of esters is 1. The number of hydrogen-bond donors (Lipinski definition) is 3. The molecule has 0 bridgehead atoms. The highest BCUT2D eigenvalue weighted by Gasteiger charge is 2.18. The van der Waals surface area contributed by atoms with Crippen LogP contribution in [0.4, 0.5) is 17.6 Å². The third kappa shape index (κ3) is 3.61. The zero-order valence-electron chi connectivity index (χ0n) is 15.1. The first-order valence-corrected chi connectivity index (χ1v) is 8.67. The van der Waals surface area contributed by atoms with Gasteiger partial charge in [-0.15, -0.1) is 0 Å². The molecule has 0 amide bonds. The highest BCUT2D eigenvalue weighted by Crippen LogP contribution is 2.23. The summed E-state index contributed by atoms with van der Waals surface area (Å²) in [5.74, 6) is 0.138. The van der Waals surface area contributed by atoms with Gasteiger partial charge in [-0.2, -0.15) is 15.0 Å². The van der Waals surface area contributed by atoms with Gasteiger partial charge in [-0.3, -0.25) is 0 Å². The Hall–Kier alpha value is -3.94. The molecular formula is C20H18N6O2. The van der Waals surface area contributed by atoms with E-state index in [-0.39, 0.29) is 24.3 Å². The quantitative estimate of drug-likeness (QED) is 0.458. The smallest absolute Gasteiger partial charge is 0.341 e. The molecule has 0 fully saturated rings. The first kappa shape index (κ1) is 17.5. The molecule has 4 rings (SSSR count). The number of carbonyl (C=O) groups excluding carboxylic acids is 1. The van der Waals surface area contributed by atoms with Gasteiger partial charge in [0.05, 0.1) is 5.56 Å². The molecule has 8 heteroatoms. The van der Waals surface area contributed by atoms with Crippen LogP contribution in [0.2, 0.25) is 0 Å². The fourth-order valence-electron chi connectivity index (χ4n) is 2.95. The van der Waals surface area contributed by atoms with Crippen LogP contribution < -0.4 is 11.1 Å². The Labute approximate surface area is 160 Å². The summed E-state index contributed by atoms with van der Waals surface area (Å²) in [4.78, 5) is 28.2. The van der Waals surface area contributed by atoms with Gasteiger partial charge < -0.3 is 20.8 Å². The summed E-state index contributed by atoms with van der Waals surface area (Å²) in [6.45, 7) is 1.72. The number of benzene rings is 2. The molecule has 0 spiro atoms. The average Bonchev–Trinajstić information content (AvgIpc) is 3.02. The highest BCUT2D eigenvalue weighted by molar-refractivity contribution is 6.05. The molecule has 0 aliphatic heterocycles. The van der Waals surface area contributed by atoms with Crippen LogP contribution >= 0.6 is 0 Å². The van der Waals surface area contributed by atoms with Crippen molar-refractivity contribution in [2.45, 2.75) is 13.5 Å². The van der Waals surface area contributed by atoms with Gasteiger partial charge in [-0.1, -0.05) is 36.4 Å². The first-order valence-electron chi connectivity index (χ1n) is 8.67. The monoisotopic (exact) mass is 374 g/mol. The summed E-state index contributed by atoms with van der Waals surface area (Å²) in [5.41, 5.74) is 8.70. The molecule has 28 heavy (non-hydrogen) atoms. The molecule has 2 aromatic heterocycles. The lowest BCUT2D eigenvalue weighted by Crippen LogP contribution is -2.11. The zero-order valence-corrected chi connectivity index (χ0v) is 15.1. The van der Waals surface area contributed by atoms with Crippen LogP contribution in [0.25, 0.3) is 10.9 Å². The van der Waals surface area contributed by atoms with Crippen molar-refractivity contribution in [3.63, 3.8) is 0 Å². The normalized spacial score (nSPS) is 10.8. The molecule has 2 aromatic carbocycles. The Bertz CT molecular complexity index is 1140. The van der Waals surface area contributed by atoms with E-state index in [4.69, 9.17) is 10.5 Å². The van der Waals surface area contributed by atoms with Crippen molar-refractivity contribution in [1.29, 1.82) is 0 Å². The van der Waals surface area contributed by atoms with E-state index in [0.717, 1.165) is 22.3 Å². The Morgan fingerprint density at radius 1 is 1.07 bits per heavy atom. The third-order valence-corrected chi connectivity index (χ3v) is 4.16. The van der Waals surface area contributed by atoms with Crippen molar-refractivity contribution in [2.75, 3.05) is 11.1 Å². The maximum atomic E-state index is 12.6. The third-order valence-electron chi connectivity index (χ3n) is 4.16. The van der Waals surface area contributed by atoms with E-state index in [1.807, 2.05) is 61.5 Å². The number of fused-ring (bicyclic) bond motifs is 1. The molecule has 4 aromatic rings. The second-order valence-corrected chi connectivity index (χ2v) is 6.17. The minimum absolute atomic E-state index is 0.0442. The van der Waals surface area contributed by atoms with Crippen LogP contribution in [0, 0.1) is 6.92 Å². The van der Waals surface area contributed by atoms with Crippen molar-refractivity contribution in [1.82, 2.24) is 19.9 Å². The minimum atomic E-state index is -0.452. The maximum Gasteiger partial charge on any atom is 0.341 e. The Morgan fingerprint density at radius 2 is 1.82 bits per heavy atom. The maximum absolute atomic E-state index is 12.6. The van der Waals surface area contributed by atoms with Crippen LogP contribution in [0.3, 0.4) is 0 Å². The molecule has 140 valence electrons. The molecule has 4 N–H and O–H groups in total. The van der Waals surface area contributed by atoms with Gasteiger partial charge in [0.2, 0.25) is 11.9 Å². The van der Waals surface area contributed by atoms with Crippen LogP contribution in [0.1, 0.15) is 21.9 Å². The van der Waals surface area contributed by atoms with Crippen molar-refractivity contribution in [3.8, 4) is 0 Å². The van der Waals surface area contributed by atoms with E-state index in [9.17, 15) is 4.79 Å². The van der Waals surface area contributed by atoms with Crippen LogP contribution in [0.15, 0.2) is 54.6 Å². The predicted molar refractivity (Wildman–Crippen MR) is 106 cm³/mol. The summed E-state index contributed by atoms with van der Waals surface area (Å²) in [5, 5.41) is 3.86. The topological polar surface area (TPSA) is 119 Å². The number of para-hydroxylation sites is 2. The fraction of sp³-hybridized carbons (Fsp3) is 0.100. The number of aryl methyl sites for hydroxylation is 1. The molecule has 2 heterocycles. The van der Waals surface area contributed by atoms with E-state index >= 15 is 0 Å². The van der Waals surface area contributed by atoms with E-state index in [2.05, 4.69) is 25.3 Å². The number of nitrogens with zero attached hydrogens (tertiary/aromatic N) is 3. The molecule has 0 saturated heterocycles. The second-order valence-electron chi connectivity index (χ2n) is 6.17.